The summed E-state index contributed by atoms with van der Waals surface area (Å²) < 4.78 is 18.9. The molecule has 0 saturated heterocycles. The highest BCUT2D eigenvalue weighted by molar-refractivity contribution is 5.92. The van der Waals surface area contributed by atoms with Crippen LogP contribution in [0, 0.1) is 12.7 Å². The molecule has 1 aromatic heterocycles. The number of nitrogens with zero attached hydrogens (tertiary/aromatic N) is 2. The van der Waals surface area contributed by atoms with E-state index < -0.39 is 5.82 Å². The number of para-hydroxylation sites is 1. The third-order valence-electron chi connectivity index (χ3n) is 3.82. The second kappa shape index (κ2) is 8.27. The lowest BCUT2D eigenvalue weighted by Gasteiger charge is -2.10. The molecule has 0 unspecified atom stereocenters. The van der Waals surface area contributed by atoms with E-state index in [1.54, 1.807) is 38.3 Å². The zero-order chi connectivity index (χ0) is 19.2. The van der Waals surface area contributed by atoms with Gasteiger partial charge in [-0.2, -0.15) is 0 Å². The van der Waals surface area contributed by atoms with Crippen LogP contribution in [0.5, 0.6) is 5.75 Å². The van der Waals surface area contributed by atoms with Crippen molar-refractivity contribution in [2.75, 3.05) is 12.4 Å². The van der Waals surface area contributed by atoms with Crippen molar-refractivity contribution in [3.63, 3.8) is 0 Å². The van der Waals surface area contributed by atoms with Gasteiger partial charge in [0.15, 0.2) is 0 Å². The van der Waals surface area contributed by atoms with Gasteiger partial charge in [0.1, 0.15) is 17.3 Å². The average Bonchev–Trinajstić information content (AvgIpc) is 2.68. The van der Waals surface area contributed by atoms with Crippen LogP contribution in [-0.4, -0.2) is 23.0 Å². The van der Waals surface area contributed by atoms with Crippen LogP contribution in [0.1, 0.15) is 21.7 Å². The van der Waals surface area contributed by atoms with Crippen LogP contribution in [0.15, 0.2) is 54.6 Å². The number of aromatic nitrogens is 2. The predicted molar refractivity (Wildman–Crippen MR) is 101 cm³/mol. The van der Waals surface area contributed by atoms with Crippen molar-refractivity contribution >= 4 is 17.5 Å². The van der Waals surface area contributed by atoms with Crippen LogP contribution in [0.25, 0.3) is 0 Å². The minimum atomic E-state index is -0.423. The second-order valence-corrected chi connectivity index (χ2v) is 5.85. The Bertz CT molecular complexity index is 945. The molecule has 0 atom stereocenters. The molecule has 2 N–H and O–H groups in total. The van der Waals surface area contributed by atoms with Crippen molar-refractivity contribution in [3.8, 4) is 5.75 Å². The number of carbonyl (C=O) groups excluding carboxylic acids is 1. The fourth-order valence-electron chi connectivity index (χ4n) is 2.44. The summed E-state index contributed by atoms with van der Waals surface area (Å²) in [7, 11) is 1.60. The highest BCUT2D eigenvalue weighted by Gasteiger charge is 2.12. The molecule has 1 heterocycles. The molecule has 0 spiro atoms. The first-order chi connectivity index (χ1) is 13.0. The number of benzene rings is 2. The van der Waals surface area contributed by atoms with Crippen molar-refractivity contribution in [2.45, 2.75) is 13.5 Å². The molecule has 0 radical (unpaired) electrons. The molecule has 3 rings (SSSR count). The molecular formula is C20H19FN4O2. The number of amides is 1. The SMILES string of the molecule is COc1ccc(CNC(=O)c2cc(C)nc(Nc3ccccc3F)n2)cc1. The third-order valence-corrected chi connectivity index (χ3v) is 3.82. The van der Waals surface area contributed by atoms with E-state index in [1.165, 1.54) is 6.07 Å². The number of anilines is 2. The Morgan fingerprint density at radius 1 is 1.11 bits per heavy atom. The summed E-state index contributed by atoms with van der Waals surface area (Å²) in [6.45, 7) is 2.09. The molecule has 0 aliphatic rings. The lowest BCUT2D eigenvalue weighted by atomic mass is 10.2. The second-order valence-electron chi connectivity index (χ2n) is 5.85. The molecule has 0 bridgehead atoms. The highest BCUT2D eigenvalue weighted by Crippen LogP contribution is 2.17. The summed E-state index contributed by atoms with van der Waals surface area (Å²) >= 11 is 0. The molecular weight excluding hydrogens is 347 g/mol. The molecule has 0 aliphatic carbocycles. The van der Waals surface area contributed by atoms with Crippen LogP contribution in [0.4, 0.5) is 16.0 Å². The standard InChI is InChI=1S/C20H19FN4O2/c1-13-11-18(19(26)22-12-14-7-9-15(27-2)10-8-14)25-20(23-13)24-17-6-4-3-5-16(17)21/h3-11H,12H2,1-2H3,(H,22,26)(H,23,24,25). The summed E-state index contributed by atoms with van der Waals surface area (Å²) in [6.07, 6.45) is 0. The van der Waals surface area contributed by atoms with E-state index in [-0.39, 0.29) is 23.2 Å². The summed E-state index contributed by atoms with van der Waals surface area (Å²) in [5, 5.41) is 5.61. The molecule has 3 aromatic rings. The van der Waals surface area contributed by atoms with Crippen LogP contribution >= 0.6 is 0 Å². The number of methoxy groups -OCH3 is 1. The summed E-state index contributed by atoms with van der Waals surface area (Å²) in [6, 6.07) is 15.2. The van der Waals surface area contributed by atoms with Crippen LogP contribution < -0.4 is 15.4 Å². The molecule has 6 nitrogen and oxygen atoms in total. The van der Waals surface area contributed by atoms with Gasteiger partial charge >= 0.3 is 0 Å². The molecule has 0 aliphatic heterocycles. The first-order valence-corrected chi connectivity index (χ1v) is 8.33. The summed E-state index contributed by atoms with van der Waals surface area (Å²) in [5.41, 5.74) is 1.97. The van der Waals surface area contributed by atoms with E-state index in [0.717, 1.165) is 11.3 Å². The van der Waals surface area contributed by atoms with Gasteiger partial charge in [0.25, 0.3) is 5.91 Å². The molecule has 0 fully saturated rings. The van der Waals surface area contributed by atoms with Crippen LogP contribution in [0.3, 0.4) is 0 Å². The summed E-state index contributed by atoms with van der Waals surface area (Å²) in [4.78, 5) is 20.8. The normalized spacial score (nSPS) is 10.3. The van der Waals surface area contributed by atoms with Gasteiger partial charge in [0.05, 0.1) is 12.8 Å². The van der Waals surface area contributed by atoms with E-state index in [4.69, 9.17) is 4.74 Å². The quantitative estimate of drug-likeness (QED) is 0.697. The fraction of sp³-hybridized carbons (Fsp3) is 0.150. The Morgan fingerprint density at radius 2 is 1.85 bits per heavy atom. The molecule has 1 amide bonds. The number of nitrogens with one attached hydrogen (secondary N) is 2. The Hall–Kier alpha value is -3.48. The molecule has 7 heteroatoms. The molecule has 2 aromatic carbocycles. The van der Waals surface area contributed by atoms with E-state index in [9.17, 15) is 9.18 Å². The smallest absolute Gasteiger partial charge is 0.270 e. The number of carbonyl (C=O) groups is 1. The molecule has 0 saturated carbocycles. The van der Waals surface area contributed by atoms with Crippen molar-refractivity contribution in [1.82, 2.24) is 15.3 Å². The van der Waals surface area contributed by atoms with Gasteiger partial charge in [0, 0.05) is 12.2 Å². The van der Waals surface area contributed by atoms with Gasteiger partial charge in [-0.15, -0.1) is 0 Å². The predicted octanol–water partition coefficient (Wildman–Crippen LogP) is 3.61. The fourth-order valence-corrected chi connectivity index (χ4v) is 2.44. The van der Waals surface area contributed by atoms with Crippen molar-refractivity contribution < 1.29 is 13.9 Å². The minimum absolute atomic E-state index is 0.162. The lowest BCUT2D eigenvalue weighted by Crippen LogP contribution is -2.24. The number of halogens is 1. The maximum absolute atomic E-state index is 13.8. The van der Waals surface area contributed by atoms with E-state index in [0.29, 0.717) is 12.2 Å². The lowest BCUT2D eigenvalue weighted by molar-refractivity contribution is 0.0945. The Labute approximate surface area is 156 Å². The van der Waals surface area contributed by atoms with Crippen molar-refractivity contribution in [3.05, 3.63) is 77.4 Å². The first kappa shape index (κ1) is 18.3. The van der Waals surface area contributed by atoms with E-state index >= 15 is 0 Å². The number of ether oxygens (including phenoxy) is 1. The number of aryl methyl sites for hydroxylation is 1. The maximum Gasteiger partial charge on any atom is 0.270 e. The first-order valence-electron chi connectivity index (χ1n) is 8.33. The van der Waals surface area contributed by atoms with Crippen LogP contribution in [-0.2, 0) is 6.54 Å². The monoisotopic (exact) mass is 366 g/mol. The maximum atomic E-state index is 13.8. The van der Waals surface area contributed by atoms with E-state index in [1.807, 2.05) is 24.3 Å². The number of hydrogen-bond donors (Lipinski definition) is 2. The number of rotatable bonds is 6. The van der Waals surface area contributed by atoms with E-state index in [2.05, 4.69) is 20.6 Å². The highest BCUT2D eigenvalue weighted by atomic mass is 19.1. The third kappa shape index (κ3) is 4.78. The number of hydrogen-bond acceptors (Lipinski definition) is 5. The molecule has 138 valence electrons. The Morgan fingerprint density at radius 3 is 2.56 bits per heavy atom. The molecule has 27 heavy (non-hydrogen) atoms. The van der Waals surface area contributed by atoms with Crippen LogP contribution in [0.2, 0.25) is 0 Å². The van der Waals surface area contributed by atoms with Crippen molar-refractivity contribution in [1.29, 1.82) is 0 Å². The zero-order valence-corrected chi connectivity index (χ0v) is 15.0. The largest absolute Gasteiger partial charge is 0.497 e. The topological polar surface area (TPSA) is 76.1 Å². The van der Waals surface area contributed by atoms with Gasteiger partial charge < -0.3 is 15.4 Å². The van der Waals surface area contributed by atoms with Gasteiger partial charge in [-0.3, -0.25) is 4.79 Å². The van der Waals surface area contributed by atoms with Crippen molar-refractivity contribution in [2.24, 2.45) is 0 Å². The zero-order valence-electron chi connectivity index (χ0n) is 15.0. The Balaban J connectivity index is 1.70. The van der Waals surface area contributed by atoms with Gasteiger partial charge in [-0.1, -0.05) is 24.3 Å². The Kier molecular flexibility index (Phi) is 5.61. The van der Waals surface area contributed by atoms with Gasteiger partial charge in [0.2, 0.25) is 5.95 Å². The van der Waals surface area contributed by atoms with Gasteiger partial charge in [-0.05, 0) is 42.8 Å². The summed E-state index contributed by atoms with van der Waals surface area (Å²) in [5.74, 6) is 0.149. The minimum Gasteiger partial charge on any atom is -0.497 e. The average molecular weight is 366 g/mol. The van der Waals surface area contributed by atoms with Gasteiger partial charge in [-0.25, -0.2) is 14.4 Å².